The molecule has 3 unspecified atom stereocenters. The molecule has 2 aliphatic rings. The number of hydrogen-bond acceptors (Lipinski definition) is 6. The van der Waals surface area contributed by atoms with Gasteiger partial charge in [0.05, 0.1) is 12.7 Å². The highest BCUT2D eigenvalue weighted by atomic mass is 16.6. The van der Waals surface area contributed by atoms with Gasteiger partial charge >= 0.3 is 12.1 Å². The van der Waals surface area contributed by atoms with Crippen LogP contribution in [0.5, 0.6) is 0 Å². The Morgan fingerprint density at radius 3 is 2.35 bits per heavy atom. The number of amides is 3. The number of aliphatic carboxylic acids is 1. The van der Waals surface area contributed by atoms with Gasteiger partial charge < -0.3 is 30.1 Å². The molecular formula is C33H43N3O7. The number of carbonyl (C=O) groups excluding carboxylic acids is 3. The summed E-state index contributed by atoms with van der Waals surface area (Å²) in [6.07, 6.45) is 0.667. The predicted molar refractivity (Wildman–Crippen MR) is 162 cm³/mol. The molecule has 2 aromatic rings. The van der Waals surface area contributed by atoms with Crippen LogP contribution in [0.15, 0.2) is 55.1 Å². The number of fused-ring (bicyclic) bond motifs is 1. The van der Waals surface area contributed by atoms with Crippen molar-refractivity contribution in [2.24, 2.45) is 11.3 Å². The molecule has 1 aliphatic carbocycles. The molecule has 3 amide bonds. The molecule has 2 fully saturated rings. The lowest BCUT2D eigenvalue weighted by molar-refractivity contribution is -0.146. The van der Waals surface area contributed by atoms with E-state index < -0.39 is 64.5 Å². The lowest BCUT2D eigenvalue weighted by Gasteiger charge is -2.36. The summed E-state index contributed by atoms with van der Waals surface area (Å²) in [7, 11) is 0. The molecular weight excluding hydrogens is 550 g/mol. The molecule has 3 N–H and O–H groups in total. The van der Waals surface area contributed by atoms with Crippen molar-refractivity contribution >= 4 is 34.6 Å². The zero-order chi connectivity index (χ0) is 31.7. The van der Waals surface area contributed by atoms with Crippen LogP contribution in [0.4, 0.5) is 4.79 Å². The van der Waals surface area contributed by atoms with Crippen molar-refractivity contribution in [2.75, 3.05) is 6.54 Å². The van der Waals surface area contributed by atoms with Crippen LogP contribution in [0.3, 0.4) is 0 Å². The first-order chi connectivity index (χ1) is 20.0. The van der Waals surface area contributed by atoms with Gasteiger partial charge in [0, 0.05) is 18.9 Å². The number of benzene rings is 2. The molecule has 10 nitrogen and oxygen atoms in total. The van der Waals surface area contributed by atoms with E-state index in [9.17, 15) is 24.3 Å². The molecule has 4 rings (SSSR count). The van der Waals surface area contributed by atoms with E-state index in [-0.39, 0.29) is 26.0 Å². The largest absolute Gasteiger partial charge is 0.479 e. The van der Waals surface area contributed by atoms with Gasteiger partial charge in [-0.3, -0.25) is 9.59 Å². The molecule has 1 saturated carbocycles. The third kappa shape index (κ3) is 7.36. The smallest absolute Gasteiger partial charge is 0.408 e. The molecule has 43 heavy (non-hydrogen) atoms. The molecule has 232 valence electrons. The second-order valence-electron chi connectivity index (χ2n) is 13.6. The van der Waals surface area contributed by atoms with E-state index in [1.807, 2.05) is 63.2 Å². The second-order valence-corrected chi connectivity index (χ2v) is 13.6. The first kappa shape index (κ1) is 32.0. The Morgan fingerprint density at radius 1 is 1.09 bits per heavy atom. The van der Waals surface area contributed by atoms with E-state index in [1.54, 1.807) is 20.8 Å². The molecule has 1 heterocycles. The maximum absolute atomic E-state index is 14.1. The van der Waals surface area contributed by atoms with Gasteiger partial charge in [-0.15, -0.1) is 6.58 Å². The summed E-state index contributed by atoms with van der Waals surface area (Å²) in [6.45, 7) is 14.7. The quantitative estimate of drug-likeness (QED) is 0.367. The number of likely N-dealkylation sites (tertiary alicyclic amines) is 1. The first-order valence-corrected chi connectivity index (χ1v) is 14.6. The molecule has 5 atom stereocenters. The number of carboxylic acid groups (broad SMARTS) is 1. The number of alkyl carbamates (subject to hydrolysis) is 1. The molecule has 0 bridgehead atoms. The fraction of sp³-hybridized carbons (Fsp3) is 0.515. The molecule has 1 aliphatic heterocycles. The molecule has 0 radical (unpaired) electrons. The summed E-state index contributed by atoms with van der Waals surface area (Å²) in [5, 5.41) is 17.4. The van der Waals surface area contributed by atoms with Gasteiger partial charge in [0.15, 0.2) is 0 Å². The van der Waals surface area contributed by atoms with Crippen molar-refractivity contribution in [1.29, 1.82) is 0 Å². The van der Waals surface area contributed by atoms with E-state index in [1.165, 1.54) is 11.0 Å². The lowest BCUT2D eigenvalue weighted by atomic mass is 9.85. The lowest BCUT2D eigenvalue weighted by Crippen LogP contribution is -2.59. The van der Waals surface area contributed by atoms with Crippen molar-refractivity contribution in [3.8, 4) is 0 Å². The number of carbonyl (C=O) groups is 4. The summed E-state index contributed by atoms with van der Waals surface area (Å²) < 4.78 is 11.6. The summed E-state index contributed by atoms with van der Waals surface area (Å²) in [5.74, 6) is -2.61. The Kier molecular flexibility index (Phi) is 8.92. The molecule has 0 spiro atoms. The van der Waals surface area contributed by atoms with Crippen molar-refractivity contribution in [2.45, 2.75) is 90.3 Å². The molecule has 1 saturated heterocycles. The van der Waals surface area contributed by atoms with Crippen LogP contribution in [0.1, 0.15) is 59.9 Å². The average Bonchev–Trinajstić information content (AvgIpc) is 3.47. The fourth-order valence-corrected chi connectivity index (χ4v) is 5.51. The van der Waals surface area contributed by atoms with Gasteiger partial charge in [-0.2, -0.15) is 0 Å². The van der Waals surface area contributed by atoms with Gasteiger partial charge in [-0.05, 0) is 55.0 Å². The van der Waals surface area contributed by atoms with Crippen LogP contribution < -0.4 is 10.6 Å². The van der Waals surface area contributed by atoms with Gasteiger partial charge in [-0.1, -0.05) is 63.2 Å². The van der Waals surface area contributed by atoms with Crippen molar-refractivity contribution in [3.63, 3.8) is 0 Å². The monoisotopic (exact) mass is 593 g/mol. The number of nitrogens with one attached hydrogen (secondary N) is 2. The maximum Gasteiger partial charge on any atom is 0.408 e. The molecule has 10 heteroatoms. The minimum Gasteiger partial charge on any atom is -0.479 e. The summed E-state index contributed by atoms with van der Waals surface area (Å²) in [5.41, 5.74) is -2.01. The predicted octanol–water partition coefficient (Wildman–Crippen LogP) is 4.41. The first-order valence-electron chi connectivity index (χ1n) is 14.6. The zero-order valence-corrected chi connectivity index (χ0v) is 25.8. The van der Waals surface area contributed by atoms with Crippen molar-refractivity contribution < 1.29 is 33.8 Å². The Bertz CT molecular complexity index is 1410. The Morgan fingerprint density at radius 2 is 1.77 bits per heavy atom. The van der Waals surface area contributed by atoms with E-state index in [2.05, 4.69) is 17.2 Å². The Labute approximate surface area is 252 Å². The average molecular weight is 594 g/mol. The maximum atomic E-state index is 14.1. The van der Waals surface area contributed by atoms with E-state index in [0.29, 0.717) is 0 Å². The van der Waals surface area contributed by atoms with Gasteiger partial charge in [0.2, 0.25) is 11.8 Å². The number of nitrogens with zero attached hydrogens (tertiary/aromatic N) is 1. The van der Waals surface area contributed by atoms with E-state index >= 15 is 0 Å². The van der Waals surface area contributed by atoms with Gasteiger partial charge in [0.1, 0.15) is 23.2 Å². The number of rotatable bonds is 9. The highest BCUT2D eigenvalue weighted by Gasteiger charge is 2.61. The highest BCUT2D eigenvalue weighted by Crippen LogP contribution is 2.45. The second kappa shape index (κ2) is 12.0. The highest BCUT2D eigenvalue weighted by molar-refractivity contribution is 5.96. The summed E-state index contributed by atoms with van der Waals surface area (Å²) in [4.78, 5) is 54.0. The number of carboxylic acids is 1. The SMILES string of the molecule is C=CC1CC1(NC(=O)[C@@H]1C[C@@H](OCc2ccc3ccccc3c2)CN1C(=O)C(NC(=O)OC(C)(C)C)C(C)(C)C)C(=O)O. The van der Waals surface area contributed by atoms with Crippen molar-refractivity contribution in [1.82, 2.24) is 15.5 Å². The normalized spacial score (nSPS) is 24.2. The Balaban J connectivity index is 1.56. The van der Waals surface area contributed by atoms with Crippen LogP contribution in [0.2, 0.25) is 0 Å². The third-order valence-corrected chi connectivity index (χ3v) is 7.95. The van der Waals surface area contributed by atoms with Crippen molar-refractivity contribution in [3.05, 3.63) is 60.7 Å². The van der Waals surface area contributed by atoms with E-state index in [4.69, 9.17) is 9.47 Å². The Hall–Kier alpha value is -3.92. The number of hydrogen-bond donors (Lipinski definition) is 3. The fourth-order valence-electron chi connectivity index (χ4n) is 5.51. The van der Waals surface area contributed by atoms with Gasteiger partial charge in [-0.25, -0.2) is 9.59 Å². The summed E-state index contributed by atoms with van der Waals surface area (Å²) >= 11 is 0. The third-order valence-electron chi connectivity index (χ3n) is 7.95. The van der Waals surface area contributed by atoms with Crippen LogP contribution in [-0.4, -0.2) is 69.8 Å². The van der Waals surface area contributed by atoms with Crippen LogP contribution in [0, 0.1) is 11.3 Å². The zero-order valence-electron chi connectivity index (χ0n) is 25.8. The van der Waals surface area contributed by atoms with Crippen LogP contribution in [-0.2, 0) is 30.5 Å². The number of ether oxygens (including phenoxy) is 2. The standard InChI is InChI=1S/C33H43N3O7/c1-8-23-17-33(23,29(39)40)35-27(37)25-16-24(42-19-20-13-14-21-11-9-10-12-22(21)15-20)18-36(25)28(38)26(31(2,3)4)34-30(41)43-32(5,6)7/h8-15,23-26H,1,16-19H2,2-7H3,(H,34,41)(H,35,37)(H,39,40)/t23?,24-,25+,26?,33?/m1/s1. The topological polar surface area (TPSA) is 134 Å². The summed E-state index contributed by atoms with van der Waals surface area (Å²) in [6, 6.07) is 12.0. The van der Waals surface area contributed by atoms with E-state index in [0.717, 1.165) is 16.3 Å². The minimum atomic E-state index is -1.45. The van der Waals surface area contributed by atoms with Crippen LogP contribution >= 0.6 is 0 Å². The molecule has 2 aromatic carbocycles. The molecule has 0 aromatic heterocycles. The van der Waals surface area contributed by atoms with Crippen LogP contribution in [0.25, 0.3) is 10.8 Å². The van der Waals surface area contributed by atoms with Gasteiger partial charge in [0.25, 0.3) is 0 Å². The minimum absolute atomic E-state index is 0.0953.